The van der Waals surface area contributed by atoms with E-state index in [4.69, 9.17) is 9.47 Å². The van der Waals surface area contributed by atoms with Crippen molar-refractivity contribution in [1.29, 1.82) is 0 Å². The van der Waals surface area contributed by atoms with Crippen LogP contribution in [0.25, 0.3) is 10.8 Å². The quantitative estimate of drug-likeness (QED) is 0.795. The molecular weight excluding hydrogens is 284 g/mol. The van der Waals surface area contributed by atoms with Crippen LogP contribution in [0.3, 0.4) is 0 Å². The van der Waals surface area contributed by atoms with Gasteiger partial charge in [-0.05, 0) is 42.6 Å². The van der Waals surface area contributed by atoms with E-state index in [2.05, 4.69) is 29.4 Å². The lowest BCUT2D eigenvalue weighted by Gasteiger charge is -2.08. The molecule has 0 unspecified atom stereocenters. The van der Waals surface area contributed by atoms with Crippen LogP contribution in [-0.4, -0.2) is 11.8 Å². The zero-order valence-corrected chi connectivity index (χ0v) is 12.4. The Kier molecular flexibility index (Phi) is 2.93. The van der Waals surface area contributed by atoms with Gasteiger partial charge in [-0.15, -0.1) is 11.3 Å². The maximum atomic E-state index is 5.45. The first-order valence-corrected chi connectivity index (χ1v) is 7.59. The Morgan fingerprint density at radius 3 is 2.86 bits per heavy atom. The maximum Gasteiger partial charge on any atom is 0.231 e. The molecule has 2 aromatic heterocycles. The number of hydrogen-bond donors (Lipinski definition) is 1. The number of nitrogens with one attached hydrogen (secondary N) is 1. The van der Waals surface area contributed by atoms with Crippen molar-refractivity contribution < 1.29 is 9.47 Å². The third kappa shape index (κ3) is 2.29. The largest absolute Gasteiger partial charge is 0.454 e. The normalized spacial score (nSPS) is 12.8. The van der Waals surface area contributed by atoms with Gasteiger partial charge in [0.25, 0.3) is 0 Å². The zero-order chi connectivity index (χ0) is 14.2. The van der Waals surface area contributed by atoms with Crippen LogP contribution in [0, 0.1) is 6.92 Å². The van der Waals surface area contributed by atoms with Crippen LogP contribution in [0.5, 0.6) is 11.5 Å². The Labute approximate surface area is 126 Å². The minimum atomic E-state index is 0.288. The van der Waals surface area contributed by atoms with E-state index < -0.39 is 0 Å². The molecule has 3 aromatic rings. The maximum absolute atomic E-state index is 5.45. The van der Waals surface area contributed by atoms with E-state index >= 15 is 0 Å². The van der Waals surface area contributed by atoms with Gasteiger partial charge in [0.1, 0.15) is 5.82 Å². The summed E-state index contributed by atoms with van der Waals surface area (Å²) in [5.41, 5.74) is 0. The number of fused-ring (bicyclic) bond motifs is 2. The third-order valence-electron chi connectivity index (χ3n) is 3.48. The summed E-state index contributed by atoms with van der Waals surface area (Å²) >= 11 is 1.80. The van der Waals surface area contributed by atoms with E-state index in [1.54, 1.807) is 11.3 Å². The Balaban J connectivity index is 1.68. The van der Waals surface area contributed by atoms with Crippen LogP contribution in [0.2, 0.25) is 0 Å². The highest BCUT2D eigenvalue weighted by molar-refractivity contribution is 7.11. The van der Waals surface area contributed by atoms with Crippen LogP contribution in [0.4, 0.5) is 5.82 Å². The van der Waals surface area contributed by atoms with E-state index in [-0.39, 0.29) is 6.79 Å². The summed E-state index contributed by atoms with van der Waals surface area (Å²) in [6.07, 6.45) is 1.81. The minimum Gasteiger partial charge on any atom is -0.454 e. The smallest absolute Gasteiger partial charge is 0.231 e. The highest BCUT2D eigenvalue weighted by atomic mass is 32.1. The molecule has 0 aliphatic carbocycles. The Bertz CT molecular complexity index is 813. The average molecular weight is 298 g/mol. The van der Waals surface area contributed by atoms with E-state index in [0.29, 0.717) is 0 Å². The second kappa shape index (κ2) is 4.93. The van der Waals surface area contributed by atoms with Crippen molar-refractivity contribution in [3.05, 3.63) is 46.3 Å². The average Bonchev–Trinajstić information content (AvgIpc) is 3.11. The number of hydrogen-bond acceptors (Lipinski definition) is 5. The molecule has 0 bridgehead atoms. The van der Waals surface area contributed by atoms with Crippen molar-refractivity contribution >= 4 is 27.9 Å². The van der Waals surface area contributed by atoms with Gasteiger partial charge in [0.15, 0.2) is 11.5 Å². The molecule has 0 fully saturated rings. The van der Waals surface area contributed by atoms with Gasteiger partial charge in [0, 0.05) is 21.3 Å². The molecule has 5 heteroatoms. The molecule has 1 N–H and O–H groups in total. The third-order valence-corrected chi connectivity index (χ3v) is 4.48. The molecule has 1 aliphatic rings. The molecule has 0 spiro atoms. The van der Waals surface area contributed by atoms with Gasteiger partial charge < -0.3 is 14.8 Å². The zero-order valence-electron chi connectivity index (χ0n) is 11.6. The standard InChI is InChI=1S/C16H14N2O2S/c1-10-2-3-12(21-10)8-18-16-13-7-15-14(19-9-20-15)6-11(13)4-5-17-16/h2-7H,8-9H2,1H3,(H,17,18). The number of thiophene rings is 1. The molecule has 0 radical (unpaired) electrons. The van der Waals surface area contributed by atoms with Crippen molar-refractivity contribution in [2.24, 2.45) is 0 Å². The van der Waals surface area contributed by atoms with Crippen LogP contribution in [0.15, 0.2) is 36.5 Å². The van der Waals surface area contributed by atoms with Crippen molar-refractivity contribution in [2.75, 3.05) is 12.1 Å². The van der Waals surface area contributed by atoms with Crippen molar-refractivity contribution in [3.63, 3.8) is 0 Å². The number of ether oxygens (including phenoxy) is 2. The second-order valence-corrected chi connectivity index (χ2v) is 6.32. The lowest BCUT2D eigenvalue weighted by Crippen LogP contribution is -2.00. The predicted molar refractivity (Wildman–Crippen MR) is 84.2 cm³/mol. The van der Waals surface area contributed by atoms with Gasteiger partial charge in [0.05, 0.1) is 6.54 Å². The van der Waals surface area contributed by atoms with Crippen molar-refractivity contribution in [1.82, 2.24) is 4.98 Å². The second-order valence-electron chi connectivity index (χ2n) is 4.95. The van der Waals surface area contributed by atoms with Gasteiger partial charge in [-0.25, -0.2) is 4.98 Å². The lowest BCUT2D eigenvalue weighted by atomic mass is 10.1. The van der Waals surface area contributed by atoms with Crippen LogP contribution in [0.1, 0.15) is 9.75 Å². The van der Waals surface area contributed by atoms with Crippen LogP contribution < -0.4 is 14.8 Å². The molecule has 0 amide bonds. The summed E-state index contributed by atoms with van der Waals surface area (Å²) in [5, 5.41) is 5.56. The Hall–Kier alpha value is -2.27. The molecule has 21 heavy (non-hydrogen) atoms. The number of nitrogens with zero attached hydrogens (tertiary/aromatic N) is 1. The first-order valence-electron chi connectivity index (χ1n) is 6.77. The number of aromatic nitrogens is 1. The number of aryl methyl sites for hydroxylation is 1. The fraction of sp³-hybridized carbons (Fsp3) is 0.188. The summed E-state index contributed by atoms with van der Waals surface area (Å²) in [4.78, 5) is 7.07. The van der Waals surface area contributed by atoms with Gasteiger partial charge in [-0.1, -0.05) is 0 Å². The Morgan fingerprint density at radius 1 is 1.19 bits per heavy atom. The van der Waals surface area contributed by atoms with Gasteiger partial charge >= 0.3 is 0 Å². The highest BCUT2D eigenvalue weighted by Gasteiger charge is 2.15. The van der Waals surface area contributed by atoms with Gasteiger partial charge in [0.2, 0.25) is 6.79 Å². The predicted octanol–water partition coefficient (Wildman–Crippen LogP) is 3.95. The van der Waals surface area contributed by atoms with E-state index in [1.165, 1.54) is 9.75 Å². The summed E-state index contributed by atoms with van der Waals surface area (Å²) in [6, 6.07) is 10.3. The fourth-order valence-electron chi connectivity index (χ4n) is 2.45. The number of anilines is 1. The lowest BCUT2D eigenvalue weighted by molar-refractivity contribution is 0.174. The number of benzene rings is 1. The summed E-state index contributed by atoms with van der Waals surface area (Å²) < 4.78 is 10.9. The topological polar surface area (TPSA) is 43.4 Å². The van der Waals surface area contributed by atoms with Gasteiger partial charge in [-0.2, -0.15) is 0 Å². The van der Waals surface area contributed by atoms with Crippen LogP contribution in [-0.2, 0) is 6.54 Å². The fourth-order valence-corrected chi connectivity index (χ4v) is 3.28. The minimum absolute atomic E-state index is 0.288. The molecule has 0 saturated carbocycles. The molecule has 106 valence electrons. The number of pyridine rings is 1. The van der Waals surface area contributed by atoms with E-state index in [1.807, 2.05) is 24.4 Å². The molecule has 4 rings (SSSR count). The summed E-state index contributed by atoms with van der Waals surface area (Å²) in [7, 11) is 0. The molecule has 0 saturated heterocycles. The summed E-state index contributed by atoms with van der Waals surface area (Å²) in [6.45, 7) is 3.18. The van der Waals surface area contributed by atoms with Crippen molar-refractivity contribution in [2.45, 2.75) is 13.5 Å². The van der Waals surface area contributed by atoms with Gasteiger partial charge in [-0.3, -0.25) is 0 Å². The molecule has 3 heterocycles. The molecule has 1 aliphatic heterocycles. The highest BCUT2D eigenvalue weighted by Crippen LogP contribution is 2.37. The van der Waals surface area contributed by atoms with Crippen LogP contribution >= 0.6 is 11.3 Å². The Morgan fingerprint density at radius 2 is 2.05 bits per heavy atom. The molecule has 0 atom stereocenters. The first-order chi connectivity index (χ1) is 10.3. The molecular formula is C16H14N2O2S. The molecule has 4 nitrogen and oxygen atoms in total. The molecule has 1 aromatic carbocycles. The number of rotatable bonds is 3. The van der Waals surface area contributed by atoms with E-state index in [0.717, 1.165) is 34.6 Å². The SMILES string of the molecule is Cc1ccc(CNc2nccc3cc4c(cc23)OCO4)s1. The van der Waals surface area contributed by atoms with E-state index in [9.17, 15) is 0 Å². The summed E-state index contributed by atoms with van der Waals surface area (Å²) in [5.74, 6) is 2.45. The monoisotopic (exact) mass is 298 g/mol. The first kappa shape index (κ1) is 12.5. The van der Waals surface area contributed by atoms with Crippen molar-refractivity contribution in [3.8, 4) is 11.5 Å².